The Balaban J connectivity index is 1.52. The predicted octanol–water partition coefficient (Wildman–Crippen LogP) is 5.17. The van der Waals surface area contributed by atoms with Crippen LogP contribution in [-0.4, -0.2) is 16.0 Å². The Hall–Kier alpha value is -4.13. The molecule has 0 spiro atoms. The molecule has 4 rings (SSSR count). The van der Waals surface area contributed by atoms with Gasteiger partial charge in [-0.15, -0.1) is 0 Å². The van der Waals surface area contributed by atoms with Gasteiger partial charge in [-0.3, -0.25) is 9.78 Å². The molecule has 2 aromatic carbocycles. The number of benzene rings is 2. The number of carbonyl (C=O) groups is 1. The lowest BCUT2D eigenvalue weighted by Crippen LogP contribution is -2.14. The average Bonchev–Trinajstić information content (AvgIpc) is 3.15. The maximum Gasteiger partial charge on any atom is 0.275 e. The minimum atomic E-state index is -0.379. The molecule has 2 N–H and O–H groups in total. The van der Waals surface area contributed by atoms with Crippen LogP contribution in [-0.2, 0) is 0 Å². The summed E-state index contributed by atoms with van der Waals surface area (Å²) in [6.45, 7) is 1.75. The van der Waals surface area contributed by atoms with Crippen molar-refractivity contribution in [3.05, 3.63) is 90.4 Å². The van der Waals surface area contributed by atoms with Gasteiger partial charge >= 0.3 is 0 Å². The number of aryl methyl sites for hydroxylation is 1. The second-order valence-electron chi connectivity index (χ2n) is 6.24. The van der Waals surface area contributed by atoms with Crippen molar-refractivity contribution >= 4 is 23.1 Å². The summed E-state index contributed by atoms with van der Waals surface area (Å²) < 4.78 is 10.9. The first-order valence-electron chi connectivity index (χ1n) is 8.97. The van der Waals surface area contributed by atoms with Crippen molar-refractivity contribution in [2.75, 3.05) is 10.6 Å². The van der Waals surface area contributed by atoms with Gasteiger partial charge in [0.25, 0.3) is 5.91 Å². The summed E-state index contributed by atoms with van der Waals surface area (Å²) in [6.07, 6.45) is 1.56. The van der Waals surface area contributed by atoms with Crippen LogP contribution in [0.4, 0.5) is 17.2 Å². The largest absolute Gasteiger partial charge is 0.455 e. The smallest absolute Gasteiger partial charge is 0.275 e. The number of anilines is 3. The van der Waals surface area contributed by atoms with E-state index in [0.29, 0.717) is 23.0 Å². The van der Waals surface area contributed by atoms with Gasteiger partial charge < -0.3 is 19.9 Å². The third kappa shape index (κ3) is 4.59. The summed E-state index contributed by atoms with van der Waals surface area (Å²) in [5.74, 6) is 1.97. The van der Waals surface area contributed by atoms with Crippen molar-refractivity contribution in [2.24, 2.45) is 0 Å². The Kier molecular flexibility index (Phi) is 5.20. The van der Waals surface area contributed by atoms with Crippen LogP contribution in [0, 0.1) is 6.92 Å². The third-order valence-electron chi connectivity index (χ3n) is 4.00. The van der Waals surface area contributed by atoms with Crippen LogP contribution in [0.15, 0.2) is 83.5 Å². The molecule has 2 heterocycles. The topological polar surface area (TPSA) is 89.3 Å². The van der Waals surface area contributed by atoms with Crippen LogP contribution in [0.25, 0.3) is 0 Å². The predicted molar refractivity (Wildman–Crippen MR) is 110 cm³/mol. The van der Waals surface area contributed by atoms with Crippen molar-refractivity contribution in [2.45, 2.75) is 6.92 Å². The molecule has 1 amide bonds. The number of rotatable bonds is 6. The number of nitrogens with zero attached hydrogens (tertiary/aromatic N) is 2. The Bertz CT molecular complexity index is 1130. The van der Waals surface area contributed by atoms with E-state index in [2.05, 4.69) is 20.8 Å². The minimum Gasteiger partial charge on any atom is -0.455 e. The van der Waals surface area contributed by atoms with E-state index in [0.717, 1.165) is 11.4 Å². The van der Waals surface area contributed by atoms with E-state index in [1.807, 2.05) is 54.6 Å². The van der Waals surface area contributed by atoms with Crippen LogP contribution in [0.1, 0.15) is 16.2 Å². The van der Waals surface area contributed by atoms with Crippen LogP contribution in [0.2, 0.25) is 0 Å². The standard InChI is InChI=1S/C22H18N4O3/c1-15-13-21(26-29-15)25-22(27)19-14-16(11-12-23-19)24-18-9-5-6-10-20(18)28-17-7-3-2-4-8-17/h2-14H,1H3,(H,23,24)(H,25,26,27). The summed E-state index contributed by atoms with van der Waals surface area (Å²) in [5.41, 5.74) is 1.71. The molecule has 0 atom stereocenters. The monoisotopic (exact) mass is 386 g/mol. The molecule has 0 aliphatic rings. The van der Waals surface area contributed by atoms with E-state index in [1.165, 1.54) is 0 Å². The van der Waals surface area contributed by atoms with Gasteiger partial charge in [-0.2, -0.15) is 0 Å². The van der Waals surface area contributed by atoms with Crippen molar-refractivity contribution in [3.8, 4) is 11.5 Å². The summed E-state index contributed by atoms with van der Waals surface area (Å²) >= 11 is 0. The molecule has 4 aromatic rings. The van der Waals surface area contributed by atoms with E-state index in [4.69, 9.17) is 9.26 Å². The summed E-state index contributed by atoms with van der Waals surface area (Å²) in [4.78, 5) is 16.6. The van der Waals surface area contributed by atoms with E-state index >= 15 is 0 Å². The molecular formula is C22H18N4O3. The Morgan fingerprint density at radius 1 is 1.00 bits per heavy atom. The van der Waals surface area contributed by atoms with Crippen molar-refractivity contribution in [1.82, 2.24) is 10.1 Å². The molecule has 0 saturated carbocycles. The van der Waals surface area contributed by atoms with Crippen molar-refractivity contribution in [1.29, 1.82) is 0 Å². The van der Waals surface area contributed by atoms with Gasteiger partial charge in [0, 0.05) is 18.0 Å². The van der Waals surface area contributed by atoms with E-state index in [9.17, 15) is 4.79 Å². The second-order valence-corrected chi connectivity index (χ2v) is 6.24. The molecule has 29 heavy (non-hydrogen) atoms. The Morgan fingerprint density at radius 3 is 2.59 bits per heavy atom. The molecule has 0 aliphatic carbocycles. The van der Waals surface area contributed by atoms with Gasteiger partial charge in [-0.05, 0) is 43.3 Å². The number of pyridine rings is 1. The quantitative estimate of drug-likeness (QED) is 0.475. The minimum absolute atomic E-state index is 0.247. The SMILES string of the molecule is Cc1cc(NC(=O)c2cc(Nc3ccccc3Oc3ccccc3)ccn2)no1. The van der Waals surface area contributed by atoms with Crippen LogP contribution in [0.3, 0.4) is 0 Å². The zero-order chi connectivity index (χ0) is 20.1. The van der Waals surface area contributed by atoms with Gasteiger partial charge in [0.05, 0.1) is 5.69 Å². The van der Waals surface area contributed by atoms with Crippen molar-refractivity contribution in [3.63, 3.8) is 0 Å². The van der Waals surface area contributed by atoms with Gasteiger partial charge in [-0.25, -0.2) is 0 Å². The van der Waals surface area contributed by atoms with E-state index < -0.39 is 0 Å². The van der Waals surface area contributed by atoms with Crippen LogP contribution in [0.5, 0.6) is 11.5 Å². The third-order valence-corrected chi connectivity index (χ3v) is 4.00. The normalized spacial score (nSPS) is 10.4. The van der Waals surface area contributed by atoms with E-state index in [1.54, 1.807) is 31.3 Å². The molecule has 7 nitrogen and oxygen atoms in total. The Labute approximate surface area is 167 Å². The molecule has 7 heteroatoms. The highest BCUT2D eigenvalue weighted by Gasteiger charge is 2.12. The van der Waals surface area contributed by atoms with Crippen LogP contribution >= 0.6 is 0 Å². The highest BCUT2D eigenvalue weighted by molar-refractivity contribution is 6.02. The molecule has 0 aliphatic heterocycles. The molecule has 2 aromatic heterocycles. The number of amides is 1. The van der Waals surface area contributed by atoms with Gasteiger partial charge in [0.2, 0.25) is 0 Å². The second kappa shape index (κ2) is 8.26. The highest BCUT2D eigenvalue weighted by Crippen LogP contribution is 2.31. The summed E-state index contributed by atoms with van der Waals surface area (Å²) in [5, 5.41) is 9.69. The molecule has 0 saturated heterocycles. The Morgan fingerprint density at radius 2 is 1.79 bits per heavy atom. The fraction of sp³-hybridized carbons (Fsp3) is 0.0455. The van der Waals surface area contributed by atoms with Crippen LogP contribution < -0.4 is 15.4 Å². The molecule has 0 unspecified atom stereocenters. The number of nitrogens with one attached hydrogen (secondary N) is 2. The highest BCUT2D eigenvalue weighted by atomic mass is 16.5. The first-order valence-corrected chi connectivity index (χ1v) is 8.97. The maximum absolute atomic E-state index is 12.4. The van der Waals surface area contributed by atoms with Gasteiger partial charge in [0.15, 0.2) is 11.6 Å². The summed E-state index contributed by atoms with van der Waals surface area (Å²) in [6, 6.07) is 22.2. The number of hydrogen-bond acceptors (Lipinski definition) is 6. The number of carbonyl (C=O) groups excluding carboxylic acids is 1. The maximum atomic E-state index is 12.4. The van der Waals surface area contributed by atoms with E-state index in [-0.39, 0.29) is 11.6 Å². The van der Waals surface area contributed by atoms with Gasteiger partial charge in [0.1, 0.15) is 17.2 Å². The van der Waals surface area contributed by atoms with Crippen molar-refractivity contribution < 1.29 is 14.1 Å². The molecule has 0 fully saturated rings. The fourth-order valence-electron chi connectivity index (χ4n) is 2.67. The lowest BCUT2D eigenvalue weighted by atomic mass is 10.2. The fourth-order valence-corrected chi connectivity index (χ4v) is 2.67. The van der Waals surface area contributed by atoms with Gasteiger partial charge in [-0.1, -0.05) is 35.5 Å². The molecule has 0 radical (unpaired) electrons. The zero-order valence-corrected chi connectivity index (χ0v) is 15.6. The molecule has 0 bridgehead atoms. The number of aromatic nitrogens is 2. The zero-order valence-electron chi connectivity index (χ0n) is 15.6. The number of hydrogen-bond donors (Lipinski definition) is 2. The first kappa shape index (κ1) is 18.2. The molecule has 144 valence electrons. The first-order chi connectivity index (χ1) is 14.2. The lowest BCUT2D eigenvalue weighted by molar-refractivity contribution is 0.102. The molecular weight excluding hydrogens is 368 g/mol. The number of ether oxygens (including phenoxy) is 1. The number of para-hydroxylation sites is 3. The average molecular weight is 386 g/mol. The lowest BCUT2D eigenvalue weighted by Gasteiger charge is -2.13. The summed E-state index contributed by atoms with van der Waals surface area (Å²) in [7, 11) is 0.